The molecule has 1 amide bonds. The second-order valence-electron chi connectivity index (χ2n) is 6.98. The van der Waals surface area contributed by atoms with Gasteiger partial charge in [-0.2, -0.15) is 10.2 Å². The SMILES string of the molecule is CC(C)(C)OC(=O)N=S1(=O)CCN(c2cccc3nnccc23)CC1. The molecule has 1 fully saturated rings. The summed E-state index contributed by atoms with van der Waals surface area (Å²) < 4.78 is 21.8. The van der Waals surface area contributed by atoms with E-state index in [9.17, 15) is 9.00 Å². The van der Waals surface area contributed by atoms with Gasteiger partial charge in [-0.15, -0.1) is 4.36 Å². The van der Waals surface area contributed by atoms with Crippen LogP contribution >= 0.6 is 0 Å². The van der Waals surface area contributed by atoms with Gasteiger partial charge in [0.25, 0.3) is 0 Å². The molecule has 0 saturated carbocycles. The summed E-state index contributed by atoms with van der Waals surface area (Å²) in [6.07, 6.45) is 0.919. The molecule has 1 aliphatic rings. The minimum atomic E-state index is -2.58. The van der Waals surface area contributed by atoms with Crippen LogP contribution in [0.15, 0.2) is 34.8 Å². The molecule has 1 aliphatic heterocycles. The van der Waals surface area contributed by atoms with Crippen molar-refractivity contribution in [2.24, 2.45) is 4.36 Å². The van der Waals surface area contributed by atoms with Gasteiger partial charge in [0.15, 0.2) is 0 Å². The van der Waals surface area contributed by atoms with Crippen molar-refractivity contribution in [1.82, 2.24) is 10.2 Å². The van der Waals surface area contributed by atoms with E-state index in [1.165, 1.54) is 0 Å². The summed E-state index contributed by atoms with van der Waals surface area (Å²) in [5.41, 5.74) is 1.22. The summed E-state index contributed by atoms with van der Waals surface area (Å²) in [7, 11) is -2.58. The first-order valence-electron chi connectivity index (χ1n) is 8.17. The third-order valence-electron chi connectivity index (χ3n) is 3.87. The zero-order valence-corrected chi connectivity index (χ0v) is 15.5. The Hall–Kier alpha value is -2.22. The summed E-state index contributed by atoms with van der Waals surface area (Å²) >= 11 is 0. The van der Waals surface area contributed by atoms with Crippen molar-refractivity contribution in [3.05, 3.63) is 30.5 Å². The number of nitrogens with zero attached hydrogens (tertiary/aromatic N) is 4. The largest absolute Gasteiger partial charge is 0.442 e. The number of fused-ring (bicyclic) bond motifs is 1. The number of rotatable bonds is 1. The number of benzene rings is 1. The first-order valence-corrected chi connectivity index (χ1v) is 10.0. The molecule has 1 aromatic heterocycles. The molecule has 134 valence electrons. The monoisotopic (exact) mass is 362 g/mol. The molecule has 0 bridgehead atoms. The van der Waals surface area contributed by atoms with Gasteiger partial charge >= 0.3 is 6.09 Å². The summed E-state index contributed by atoms with van der Waals surface area (Å²) in [5.74, 6) is 0.669. The second kappa shape index (κ2) is 6.59. The van der Waals surface area contributed by atoms with Crippen LogP contribution < -0.4 is 4.90 Å². The number of carbonyl (C=O) groups is 1. The Bertz CT molecular complexity index is 894. The first kappa shape index (κ1) is 17.6. The van der Waals surface area contributed by atoms with Crippen molar-refractivity contribution >= 4 is 32.4 Å². The number of hydrogen-bond donors (Lipinski definition) is 0. The molecule has 1 aromatic carbocycles. The molecule has 8 heteroatoms. The Morgan fingerprint density at radius 1 is 1.24 bits per heavy atom. The zero-order valence-electron chi connectivity index (χ0n) is 14.6. The molecule has 0 aliphatic carbocycles. The maximum atomic E-state index is 12.8. The minimum absolute atomic E-state index is 0.334. The van der Waals surface area contributed by atoms with E-state index in [1.54, 1.807) is 27.0 Å². The zero-order chi connectivity index (χ0) is 18.1. The van der Waals surface area contributed by atoms with E-state index in [-0.39, 0.29) is 0 Å². The molecule has 3 rings (SSSR count). The lowest BCUT2D eigenvalue weighted by molar-refractivity contribution is 0.0607. The molecule has 1 saturated heterocycles. The molecular formula is C17H22N4O3S. The highest BCUT2D eigenvalue weighted by Gasteiger charge is 2.25. The summed E-state index contributed by atoms with van der Waals surface area (Å²) in [4.78, 5) is 14.0. The Balaban J connectivity index is 1.77. The van der Waals surface area contributed by atoms with Gasteiger partial charge < -0.3 is 9.64 Å². The molecule has 25 heavy (non-hydrogen) atoms. The average Bonchev–Trinajstić information content (AvgIpc) is 2.53. The van der Waals surface area contributed by atoms with Gasteiger partial charge in [-0.3, -0.25) is 0 Å². The van der Waals surface area contributed by atoms with Crippen molar-refractivity contribution in [1.29, 1.82) is 0 Å². The molecular weight excluding hydrogens is 340 g/mol. The number of aromatic nitrogens is 2. The maximum Gasteiger partial charge on any atom is 0.442 e. The van der Waals surface area contributed by atoms with E-state index in [4.69, 9.17) is 4.74 Å². The third-order valence-corrected chi connectivity index (χ3v) is 5.99. The van der Waals surface area contributed by atoms with E-state index in [1.807, 2.05) is 24.3 Å². The Morgan fingerprint density at radius 2 is 1.96 bits per heavy atom. The Morgan fingerprint density at radius 3 is 2.64 bits per heavy atom. The van der Waals surface area contributed by atoms with Gasteiger partial charge in [-0.05, 0) is 39.0 Å². The lowest BCUT2D eigenvalue weighted by atomic mass is 10.2. The van der Waals surface area contributed by atoms with Crippen LogP contribution in [0.1, 0.15) is 20.8 Å². The van der Waals surface area contributed by atoms with Crippen molar-refractivity contribution in [2.45, 2.75) is 26.4 Å². The van der Waals surface area contributed by atoms with Crippen LogP contribution in [0.5, 0.6) is 0 Å². The molecule has 2 heterocycles. The smallest absolute Gasteiger partial charge is 0.442 e. The second-order valence-corrected chi connectivity index (χ2v) is 9.52. The van der Waals surface area contributed by atoms with Crippen LogP contribution in [0.25, 0.3) is 10.9 Å². The molecule has 0 spiro atoms. The highest BCUT2D eigenvalue weighted by Crippen LogP contribution is 2.26. The van der Waals surface area contributed by atoms with Gasteiger partial charge in [0.1, 0.15) is 5.60 Å². The molecule has 0 N–H and O–H groups in total. The van der Waals surface area contributed by atoms with Crippen molar-refractivity contribution in [3.63, 3.8) is 0 Å². The summed E-state index contributed by atoms with van der Waals surface area (Å²) in [6.45, 7) is 6.41. The fourth-order valence-electron chi connectivity index (χ4n) is 2.75. The molecule has 0 radical (unpaired) electrons. The molecule has 7 nitrogen and oxygen atoms in total. The maximum absolute atomic E-state index is 12.8. The van der Waals surface area contributed by atoms with Crippen LogP contribution in [0.4, 0.5) is 10.5 Å². The van der Waals surface area contributed by atoms with E-state index in [2.05, 4.69) is 19.5 Å². The van der Waals surface area contributed by atoms with E-state index < -0.39 is 21.4 Å². The molecule has 0 unspecified atom stereocenters. The standard InChI is InChI=1S/C17H22N4O3S/c1-17(2,3)24-16(22)20-25(23)11-9-21(10-12-25)15-6-4-5-14-13(15)7-8-18-19-14/h4-8H,9-12H2,1-3H3. The van der Waals surface area contributed by atoms with Crippen LogP contribution in [0, 0.1) is 0 Å². The van der Waals surface area contributed by atoms with Gasteiger partial charge in [0.05, 0.1) is 21.4 Å². The number of carbonyl (C=O) groups excluding carboxylic acids is 1. The molecule has 0 atom stereocenters. The minimum Gasteiger partial charge on any atom is -0.442 e. The number of anilines is 1. The van der Waals surface area contributed by atoms with Gasteiger partial charge in [-0.25, -0.2) is 9.00 Å². The Labute approximate surface area is 147 Å². The predicted octanol–water partition coefficient (Wildman–Crippen LogP) is 2.85. The topological polar surface area (TPSA) is 84.8 Å². The van der Waals surface area contributed by atoms with Gasteiger partial charge in [0, 0.05) is 35.7 Å². The predicted molar refractivity (Wildman–Crippen MR) is 98.3 cm³/mol. The van der Waals surface area contributed by atoms with E-state index in [0.29, 0.717) is 24.6 Å². The average molecular weight is 362 g/mol. The fourth-order valence-corrected chi connectivity index (χ4v) is 4.45. The third kappa shape index (κ3) is 4.25. The number of amides is 1. The quantitative estimate of drug-likeness (QED) is 0.775. The lowest BCUT2D eigenvalue weighted by Crippen LogP contribution is -2.40. The van der Waals surface area contributed by atoms with Crippen molar-refractivity contribution in [2.75, 3.05) is 29.5 Å². The number of ether oxygens (including phenoxy) is 1. The molecule has 2 aromatic rings. The fraction of sp³-hybridized carbons (Fsp3) is 0.471. The normalized spacial score (nSPS) is 17.3. The van der Waals surface area contributed by atoms with Gasteiger partial charge in [-0.1, -0.05) is 6.07 Å². The van der Waals surface area contributed by atoms with Crippen molar-refractivity contribution in [3.8, 4) is 0 Å². The van der Waals surface area contributed by atoms with Crippen LogP contribution in [-0.4, -0.2) is 50.7 Å². The summed E-state index contributed by atoms with van der Waals surface area (Å²) in [6, 6.07) is 7.79. The van der Waals surface area contributed by atoms with E-state index in [0.717, 1.165) is 16.6 Å². The first-order chi connectivity index (χ1) is 11.8. The van der Waals surface area contributed by atoms with Gasteiger partial charge in [0.2, 0.25) is 0 Å². The highest BCUT2D eigenvalue weighted by molar-refractivity contribution is 7.94. The lowest BCUT2D eigenvalue weighted by Gasteiger charge is -2.31. The van der Waals surface area contributed by atoms with Crippen LogP contribution in [0.3, 0.4) is 0 Å². The van der Waals surface area contributed by atoms with Crippen LogP contribution in [-0.2, 0) is 14.5 Å². The van der Waals surface area contributed by atoms with Crippen LogP contribution in [0.2, 0.25) is 0 Å². The Kier molecular flexibility index (Phi) is 4.64. The van der Waals surface area contributed by atoms with E-state index >= 15 is 0 Å². The summed E-state index contributed by atoms with van der Waals surface area (Å²) in [5, 5.41) is 9.04. The highest BCUT2D eigenvalue weighted by atomic mass is 32.2. The number of hydrogen-bond acceptors (Lipinski definition) is 6. The van der Waals surface area contributed by atoms with Crippen molar-refractivity contribution < 1.29 is 13.7 Å².